The minimum atomic E-state index is 0.357. The van der Waals surface area contributed by atoms with E-state index in [1.807, 2.05) is 24.3 Å². The molecule has 4 heteroatoms. The van der Waals surface area contributed by atoms with Gasteiger partial charge in [0.2, 0.25) is 0 Å². The molecule has 1 fully saturated rings. The second-order valence-corrected chi connectivity index (χ2v) is 5.18. The van der Waals surface area contributed by atoms with E-state index in [0.717, 1.165) is 41.9 Å². The number of nitrogens with two attached hydrogens (primary N) is 1. The summed E-state index contributed by atoms with van der Waals surface area (Å²) in [6.07, 6.45) is 4.86. The van der Waals surface area contributed by atoms with E-state index in [2.05, 4.69) is 0 Å². The molecule has 2 aromatic rings. The van der Waals surface area contributed by atoms with E-state index in [0.29, 0.717) is 19.3 Å². The molecule has 1 saturated heterocycles. The number of rotatable bonds is 6. The maximum absolute atomic E-state index is 5.91. The summed E-state index contributed by atoms with van der Waals surface area (Å²) in [6.45, 7) is 1.95. The van der Waals surface area contributed by atoms with Crippen molar-refractivity contribution in [1.29, 1.82) is 0 Å². The molecule has 0 bridgehead atoms. The molecule has 0 radical (unpaired) electrons. The smallest absolute Gasteiger partial charge is 0.169 e. The fraction of sp³-hybridized carbons (Fsp3) is 0.500. The molecule has 4 nitrogen and oxygen atoms in total. The van der Waals surface area contributed by atoms with E-state index < -0.39 is 0 Å². The molecular formula is C16H21NO3. The fourth-order valence-electron chi connectivity index (χ4n) is 2.72. The predicted molar refractivity (Wildman–Crippen MR) is 77.8 cm³/mol. The van der Waals surface area contributed by atoms with Crippen LogP contribution in [0.3, 0.4) is 0 Å². The molecule has 20 heavy (non-hydrogen) atoms. The largest absolute Gasteiger partial charge is 0.489 e. The highest BCUT2D eigenvalue weighted by Crippen LogP contribution is 2.33. The Morgan fingerprint density at radius 3 is 3.00 bits per heavy atom. The normalized spacial score (nSPS) is 18.8. The lowest BCUT2D eigenvalue weighted by molar-refractivity contribution is 0.0981. The highest BCUT2D eigenvalue weighted by molar-refractivity contribution is 5.85. The molecule has 2 heterocycles. The third-order valence-electron chi connectivity index (χ3n) is 3.74. The van der Waals surface area contributed by atoms with Crippen molar-refractivity contribution in [3.05, 3.63) is 30.0 Å². The zero-order chi connectivity index (χ0) is 13.8. The lowest BCUT2D eigenvalue weighted by Gasteiger charge is -2.10. The van der Waals surface area contributed by atoms with Gasteiger partial charge < -0.3 is 19.6 Å². The summed E-state index contributed by atoms with van der Waals surface area (Å²) in [5.74, 6) is 1.53. The number of benzene rings is 1. The second kappa shape index (κ2) is 6.29. The topological polar surface area (TPSA) is 57.6 Å². The highest BCUT2D eigenvalue weighted by Gasteiger charge is 2.16. The molecule has 1 aromatic heterocycles. The maximum Gasteiger partial charge on any atom is 0.169 e. The summed E-state index contributed by atoms with van der Waals surface area (Å²) in [7, 11) is 0. The van der Waals surface area contributed by atoms with Crippen molar-refractivity contribution < 1.29 is 13.9 Å². The minimum Gasteiger partial charge on any atom is -0.489 e. The Labute approximate surface area is 118 Å². The summed E-state index contributed by atoms with van der Waals surface area (Å²) in [6, 6.07) is 7.88. The predicted octanol–water partition coefficient (Wildman–Crippen LogP) is 3.23. The van der Waals surface area contributed by atoms with Gasteiger partial charge in [-0.05, 0) is 37.8 Å². The first-order valence-electron chi connectivity index (χ1n) is 7.33. The zero-order valence-corrected chi connectivity index (χ0v) is 11.6. The molecule has 0 amide bonds. The molecule has 1 aromatic carbocycles. The van der Waals surface area contributed by atoms with Crippen LogP contribution in [0.2, 0.25) is 0 Å². The monoisotopic (exact) mass is 275 g/mol. The van der Waals surface area contributed by atoms with Crippen LogP contribution in [0.25, 0.3) is 11.0 Å². The van der Waals surface area contributed by atoms with Crippen LogP contribution in [0.1, 0.15) is 31.4 Å². The number of furan rings is 1. The third kappa shape index (κ3) is 2.81. The van der Waals surface area contributed by atoms with Crippen LogP contribution in [-0.4, -0.2) is 19.3 Å². The van der Waals surface area contributed by atoms with Gasteiger partial charge in [0.15, 0.2) is 11.5 Å². The van der Waals surface area contributed by atoms with E-state index in [-0.39, 0.29) is 0 Å². The molecule has 0 saturated carbocycles. The number of hydrogen-bond acceptors (Lipinski definition) is 4. The Hall–Kier alpha value is -1.52. The van der Waals surface area contributed by atoms with E-state index in [1.54, 1.807) is 0 Å². The molecule has 108 valence electrons. The van der Waals surface area contributed by atoms with Gasteiger partial charge in [-0.1, -0.05) is 12.1 Å². The van der Waals surface area contributed by atoms with Crippen LogP contribution in [0.5, 0.6) is 5.75 Å². The molecule has 0 spiro atoms. The van der Waals surface area contributed by atoms with Crippen molar-refractivity contribution in [2.24, 2.45) is 5.73 Å². The average molecular weight is 275 g/mol. The van der Waals surface area contributed by atoms with Crippen molar-refractivity contribution in [3.63, 3.8) is 0 Å². The first-order chi connectivity index (χ1) is 9.88. The van der Waals surface area contributed by atoms with Crippen LogP contribution in [-0.2, 0) is 11.3 Å². The number of para-hydroxylation sites is 1. The molecule has 1 aliphatic rings. The van der Waals surface area contributed by atoms with Crippen molar-refractivity contribution in [2.45, 2.75) is 38.3 Å². The van der Waals surface area contributed by atoms with Crippen LogP contribution >= 0.6 is 0 Å². The van der Waals surface area contributed by atoms with E-state index >= 15 is 0 Å². The average Bonchev–Trinajstić information content (AvgIpc) is 3.11. The van der Waals surface area contributed by atoms with Crippen LogP contribution < -0.4 is 10.5 Å². The van der Waals surface area contributed by atoms with Crippen molar-refractivity contribution in [3.8, 4) is 5.75 Å². The molecule has 1 atom stereocenters. The lowest BCUT2D eigenvalue weighted by atomic mass is 10.1. The van der Waals surface area contributed by atoms with Gasteiger partial charge in [-0.3, -0.25) is 0 Å². The summed E-state index contributed by atoms with van der Waals surface area (Å²) >= 11 is 0. The Balaban J connectivity index is 1.61. The summed E-state index contributed by atoms with van der Waals surface area (Å²) in [5, 5.41) is 1.00. The highest BCUT2D eigenvalue weighted by atomic mass is 16.5. The maximum atomic E-state index is 5.91. The van der Waals surface area contributed by atoms with Crippen molar-refractivity contribution in [2.75, 3.05) is 13.2 Å². The van der Waals surface area contributed by atoms with Gasteiger partial charge in [0, 0.05) is 6.61 Å². The number of fused-ring (bicyclic) bond motifs is 1. The minimum absolute atomic E-state index is 0.357. The number of hydrogen-bond donors (Lipinski definition) is 1. The van der Waals surface area contributed by atoms with Crippen LogP contribution in [0, 0.1) is 0 Å². The van der Waals surface area contributed by atoms with E-state index in [1.165, 1.54) is 12.8 Å². The van der Waals surface area contributed by atoms with Crippen LogP contribution in [0.4, 0.5) is 0 Å². The molecule has 2 N–H and O–H groups in total. The fourth-order valence-corrected chi connectivity index (χ4v) is 2.72. The molecule has 3 rings (SSSR count). The van der Waals surface area contributed by atoms with Gasteiger partial charge in [-0.15, -0.1) is 0 Å². The molecule has 1 unspecified atom stereocenters. The Morgan fingerprint density at radius 2 is 2.20 bits per heavy atom. The van der Waals surface area contributed by atoms with Crippen molar-refractivity contribution >= 4 is 11.0 Å². The van der Waals surface area contributed by atoms with E-state index in [4.69, 9.17) is 19.6 Å². The molecule has 1 aliphatic heterocycles. The lowest BCUT2D eigenvalue weighted by Crippen LogP contribution is -2.08. The van der Waals surface area contributed by atoms with Gasteiger partial charge in [-0.2, -0.15) is 0 Å². The van der Waals surface area contributed by atoms with E-state index in [9.17, 15) is 0 Å². The van der Waals surface area contributed by atoms with Gasteiger partial charge in [0.1, 0.15) is 5.58 Å². The Bertz CT molecular complexity index is 558. The third-order valence-corrected chi connectivity index (χ3v) is 3.74. The standard InChI is InChI=1S/C16H21NO3/c17-11-15-16(13-7-1-2-8-14(13)20-15)19-10-4-6-12-5-3-9-18-12/h1-2,7-8,12H,3-6,9-11,17H2. The van der Waals surface area contributed by atoms with Crippen molar-refractivity contribution in [1.82, 2.24) is 0 Å². The molecular weight excluding hydrogens is 254 g/mol. The summed E-state index contributed by atoms with van der Waals surface area (Å²) < 4.78 is 17.2. The zero-order valence-electron chi connectivity index (χ0n) is 11.6. The summed E-state index contributed by atoms with van der Waals surface area (Å²) in [5.41, 5.74) is 6.56. The van der Waals surface area contributed by atoms with Gasteiger partial charge in [0.25, 0.3) is 0 Å². The Morgan fingerprint density at radius 1 is 1.30 bits per heavy atom. The van der Waals surface area contributed by atoms with Gasteiger partial charge >= 0.3 is 0 Å². The first kappa shape index (κ1) is 13.5. The second-order valence-electron chi connectivity index (χ2n) is 5.18. The first-order valence-corrected chi connectivity index (χ1v) is 7.33. The summed E-state index contributed by atoms with van der Waals surface area (Å²) in [4.78, 5) is 0. The van der Waals surface area contributed by atoms with Crippen LogP contribution in [0.15, 0.2) is 28.7 Å². The number of ether oxygens (including phenoxy) is 2. The van der Waals surface area contributed by atoms with Gasteiger partial charge in [0.05, 0.1) is 24.6 Å². The molecule has 0 aliphatic carbocycles. The van der Waals surface area contributed by atoms with Gasteiger partial charge in [-0.25, -0.2) is 0 Å². The SMILES string of the molecule is NCc1oc2ccccc2c1OCCCC1CCCO1. The quantitative estimate of drug-likeness (QED) is 0.822. The Kier molecular flexibility index (Phi) is 4.23.